The molecule has 1 atom stereocenters. The molecule has 0 bridgehead atoms. The van der Waals surface area contributed by atoms with Gasteiger partial charge in [0.15, 0.2) is 0 Å². The smallest absolute Gasteiger partial charge is 0.407 e. The molecular weight excluding hydrogens is 244 g/mol. The summed E-state index contributed by atoms with van der Waals surface area (Å²) >= 11 is 0. The zero-order valence-corrected chi connectivity index (χ0v) is 11.6. The first-order valence-corrected chi connectivity index (χ1v) is 6.16. The fourth-order valence-electron chi connectivity index (χ4n) is 1.46. The quantitative estimate of drug-likeness (QED) is 0.882. The fourth-order valence-corrected chi connectivity index (χ4v) is 1.46. The number of hydrogen-bond donors (Lipinski definition) is 1. The van der Waals surface area contributed by atoms with E-state index in [0.29, 0.717) is 0 Å². The first-order valence-electron chi connectivity index (χ1n) is 6.16. The molecule has 2 amide bonds. The molecule has 0 radical (unpaired) electrons. The number of alkyl carbamates (subject to hydrolysis) is 1. The van der Waals surface area contributed by atoms with E-state index in [-0.39, 0.29) is 25.0 Å². The summed E-state index contributed by atoms with van der Waals surface area (Å²) in [6.07, 6.45) is -0.254. The van der Waals surface area contributed by atoms with Gasteiger partial charge in [-0.05, 0) is 12.5 Å². The van der Waals surface area contributed by atoms with Crippen molar-refractivity contribution in [3.8, 4) is 0 Å². The van der Waals surface area contributed by atoms with Crippen molar-refractivity contribution in [1.82, 2.24) is 10.2 Å². The van der Waals surface area contributed by atoms with Crippen LogP contribution in [0, 0.1) is 0 Å². The van der Waals surface area contributed by atoms with Crippen LogP contribution < -0.4 is 5.32 Å². The number of ether oxygens (including phenoxy) is 1. The number of nitrogens with zero attached hydrogens (tertiary/aromatic N) is 1. The predicted molar refractivity (Wildman–Crippen MR) is 72.5 cm³/mol. The minimum atomic E-state index is -0.511. The van der Waals surface area contributed by atoms with Crippen molar-refractivity contribution < 1.29 is 14.3 Å². The number of rotatable bonds is 5. The van der Waals surface area contributed by atoms with Crippen molar-refractivity contribution in [2.45, 2.75) is 26.0 Å². The third-order valence-electron chi connectivity index (χ3n) is 2.56. The van der Waals surface area contributed by atoms with Crippen LogP contribution in [0.5, 0.6) is 0 Å². The number of nitrogens with one attached hydrogen (secondary N) is 1. The molecule has 104 valence electrons. The van der Waals surface area contributed by atoms with Gasteiger partial charge in [-0.2, -0.15) is 0 Å². The monoisotopic (exact) mass is 264 g/mol. The molecule has 0 spiro atoms. The van der Waals surface area contributed by atoms with Gasteiger partial charge in [0.1, 0.15) is 6.61 Å². The van der Waals surface area contributed by atoms with Crippen molar-refractivity contribution in [2.75, 3.05) is 14.1 Å². The Morgan fingerprint density at radius 2 is 1.89 bits per heavy atom. The molecule has 19 heavy (non-hydrogen) atoms. The number of amides is 2. The van der Waals surface area contributed by atoms with Crippen molar-refractivity contribution in [3.05, 3.63) is 35.9 Å². The highest BCUT2D eigenvalue weighted by Crippen LogP contribution is 2.01. The van der Waals surface area contributed by atoms with Crippen molar-refractivity contribution in [3.63, 3.8) is 0 Å². The van der Waals surface area contributed by atoms with Crippen LogP contribution in [0.25, 0.3) is 0 Å². The maximum atomic E-state index is 11.5. The minimum absolute atomic E-state index is 0.0316. The van der Waals surface area contributed by atoms with E-state index in [2.05, 4.69) is 5.32 Å². The second-order valence-corrected chi connectivity index (χ2v) is 4.60. The van der Waals surface area contributed by atoms with Gasteiger partial charge in [0, 0.05) is 26.6 Å². The lowest BCUT2D eigenvalue weighted by Gasteiger charge is -2.16. The lowest BCUT2D eigenvalue weighted by molar-refractivity contribution is -0.129. The summed E-state index contributed by atoms with van der Waals surface area (Å²) in [7, 11) is 3.37. The predicted octanol–water partition coefficient (Wildman–Crippen LogP) is 1.78. The average molecular weight is 264 g/mol. The van der Waals surface area contributed by atoms with Gasteiger partial charge in [-0.1, -0.05) is 30.3 Å². The molecule has 1 aromatic rings. The summed E-state index contributed by atoms with van der Waals surface area (Å²) in [6.45, 7) is 1.99. The Bertz CT molecular complexity index is 418. The topological polar surface area (TPSA) is 58.6 Å². The summed E-state index contributed by atoms with van der Waals surface area (Å²) in [5.74, 6) is -0.0316. The molecule has 1 unspecified atom stereocenters. The normalized spacial score (nSPS) is 11.5. The van der Waals surface area contributed by atoms with E-state index in [4.69, 9.17) is 4.74 Å². The van der Waals surface area contributed by atoms with Gasteiger partial charge in [0.05, 0.1) is 0 Å². The molecule has 5 heteroatoms. The first-order chi connectivity index (χ1) is 8.99. The Hall–Kier alpha value is -2.04. The molecule has 0 saturated carbocycles. The number of carbonyl (C=O) groups is 2. The van der Waals surface area contributed by atoms with Gasteiger partial charge in [0.2, 0.25) is 5.91 Å². The Labute approximate surface area is 113 Å². The summed E-state index contributed by atoms with van der Waals surface area (Å²) in [5.41, 5.74) is 0.926. The van der Waals surface area contributed by atoms with Gasteiger partial charge >= 0.3 is 6.09 Å². The summed E-state index contributed by atoms with van der Waals surface area (Å²) in [5, 5.41) is 2.63. The van der Waals surface area contributed by atoms with Gasteiger partial charge in [-0.25, -0.2) is 4.79 Å². The zero-order valence-electron chi connectivity index (χ0n) is 11.6. The molecule has 5 nitrogen and oxygen atoms in total. The Morgan fingerprint density at radius 3 is 2.47 bits per heavy atom. The second kappa shape index (κ2) is 7.41. The highest BCUT2D eigenvalue weighted by molar-refractivity contribution is 5.77. The minimum Gasteiger partial charge on any atom is -0.445 e. The van der Waals surface area contributed by atoms with E-state index < -0.39 is 6.09 Å². The van der Waals surface area contributed by atoms with Crippen LogP contribution in [-0.2, 0) is 16.1 Å². The SMILES string of the molecule is CC(CC(=O)N(C)C)NC(=O)OCc1ccccc1. The molecule has 0 aliphatic heterocycles. The van der Waals surface area contributed by atoms with Crippen LogP contribution in [0.1, 0.15) is 18.9 Å². The Kier molecular flexibility index (Phi) is 5.85. The van der Waals surface area contributed by atoms with Gasteiger partial charge in [-0.3, -0.25) is 4.79 Å². The molecule has 0 aliphatic rings. The Balaban J connectivity index is 2.29. The summed E-state index contributed by atoms with van der Waals surface area (Å²) < 4.78 is 5.07. The van der Waals surface area contributed by atoms with E-state index in [0.717, 1.165) is 5.56 Å². The van der Waals surface area contributed by atoms with E-state index in [9.17, 15) is 9.59 Å². The molecule has 0 aromatic heterocycles. The van der Waals surface area contributed by atoms with Crippen LogP contribution >= 0.6 is 0 Å². The first kappa shape index (κ1) is 15.0. The van der Waals surface area contributed by atoms with E-state index >= 15 is 0 Å². The molecule has 1 N–H and O–H groups in total. The van der Waals surface area contributed by atoms with Crippen LogP contribution in [0.15, 0.2) is 30.3 Å². The molecule has 1 aromatic carbocycles. The van der Waals surface area contributed by atoms with E-state index in [1.54, 1.807) is 21.0 Å². The van der Waals surface area contributed by atoms with Crippen LogP contribution in [0.2, 0.25) is 0 Å². The summed E-state index contributed by atoms with van der Waals surface area (Å²) in [6, 6.07) is 9.18. The highest BCUT2D eigenvalue weighted by atomic mass is 16.5. The van der Waals surface area contributed by atoms with Crippen LogP contribution in [0.3, 0.4) is 0 Å². The largest absolute Gasteiger partial charge is 0.445 e. The Morgan fingerprint density at radius 1 is 1.26 bits per heavy atom. The van der Waals surface area contributed by atoms with E-state index in [1.165, 1.54) is 4.90 Å². The van der Waals surface area contributed by atoms with E-state index in [1.807, 2.05) is 30.3 Å². The van der Waals surface area contributed by atoms with Crippen LogP contribution in [0.4, 0.5) is 4.79 Å². The zero-order chi connectivity index (χ0) is 14.3. The molecule has 0 saturated heterocycles. The number of carbonyl (C=O) groups excluding carboxylic acids is 2. The summed E-state index contributed by atoms with van der Waals surface area (Å²) in [4.78, 5) is 24.5. The maximum absolute atomic E-state index is 11.5. The van der Waals surface area contributed by atoms with Gasteiger partial charge in [-0.15, -0.1) is 0 Å². The van der Waals surface area contributed by atoms with Crippen LogP contribution in [-0.4, -0.2) is 37.0 Å². The molecular formula is C14H20N2O3. The van der Waals surface area contributed by atoms with Gasteiger partial charge in [0.25, 0.3) is 0 Å². The second-order valence-electron chi connectivity index (χ2n) is 4.60. The van der Waals surface area contributed by atoms with Crippen molar-refractivity contribution in [2.24, 2.45) is 0 Å². The lowest BCUT2D eigenvalue weighted by atomic mass is 10.2. The molecule has 0 fully saturated rings. The van der Waals surface area contributed by atoms with Gasteiger partial charge < -0.3 is 15.0 Å². The van der Waals surface area contributed by atoms with Crippen molar-refractivity contribution in [1.29, 1.82) is 0 Å². The highest BCUT2D eigenvalue weighted by Gasteiger charge is 2.13. The average Bonchev–Trinajstić information content (AvgIpc) is 2.37. The third kappa shape index (κ3) is 5.90. The molecule has 1 rings (SSSR count). The number of benzene rings is 1. The van der Waals surface area contributed by atoms with Crippen molar-refractivity contribution >= 4 is 12.0 Å². The third-order valence-corrected chi connectivity index (χ3v) is 2.56. The molecule has 0 heterocycles. The fraction of sp³-hybridized carbons (Fsp3) is 0.429. The number of hydrogen-bond acceptors (Lipinski definition) is 3. The maximum Gasteiger partial charge on any atom is 0.407 e. The standard InChI is InChI=1S/C14H20N2O3/c1-11(9-13(17)16(2)3)15-14(18)19-10-12-7-5-4-6-8-12/h4-8,11H,9-10H2,1-3H3,(H,15,18). The lowest BCUT2D eigenvalue weighted by Crippen LogP contribution is -2.37. The molecule has 0 aliphatic carbocycles.